The number of esters is 1. The lowest BCUT2D eigenvalue weighted by Gasteiger charge is -2.13. The number of para-hydroxylation sites is 1. The number of methoxy groups -OCH3 is 1. The molecule has 2 aromatic carbocycles. The number of rotatable bonds is 7. The van der Waals surface area contributed by atoms with E-state index in [0.29, 0.717) is 23.7 Å². The van der Waals surface area contributed by atoms with E-state index in [9.17, 15) is 4.79 Å². The fraction of sp³-hybridized carbons (Fsp3) is 0.241. The predicted octanol–water partition coefficient (Wildman–Crippen LogP) is 6.18. The van der Waals surface area contributed by atoms with Gasteiger partial charge in [-0.3, -0.25) is 0 Å². The van der Waals surface area contributed by atoms with Gasteiger partial charge >= 0.3 is 5.97 Å². The lowest BCUT2D eigenvalue weighted by Crippen LogP contribution is -2.05. The Bertz CT molecular complexity index is 1600. The highest BCUT2D eigenvalue weighted by Crippen LogP contribution is 2.40. The van der Waals surface area contributed by atoms with E-state index in [4.69, 9.17) is 14.6 Å². The van der Waals surface area contributed by atoms with Crippen LogP contribution in [0.1, 0.15) is 34.3 Å². The quantitative estimate of drug-likeness (QED) is 0.260. The molecule has 3 aromatic heterocycles. The number of carbonyl (C=O) groups excluding carboxylic acids is 1. The van der Waals surface area contributed by atoms with E-state index in [1.165, 1.54) is 36.7 Å². The molecule has 0 unspecified atom stereocenters. The molecule has 0 bridgehead atoms. The average molecular weight is 484 g/mol. The van der Waals surface area contributed by atoms with Gasteiger partial charge in [0.25, 0.3) is 0 Å². The number of hydrogen-bond acceptors (Lipinski definition) is 4. The molecular formula is C29H26FN3O3. The minimum Gasteiger partial charge on any atom is -0.487 e. The second-order valence-corrected chi connectivity index (χ2v) is 9.39. The zero-order valence-electron chi connectivity index (χ0n) is 20.2. The van der Waals surface area contributed by atoms with Gasteiger partial charge in [0.1, 0.15) is 29.4 Å². The van der Waals surface area contributed by atoms with Crippen molar-refractivity contribution in [3.8, 4) is 17.1 Å². The van der Waals surface area contributed by atoms with Gasteiger partial charge in [-0.1, -0.05) is 42.5 Å². The Labute approximate surface area is 207 Å². The SMILES string of the molecule is COC(=O)c1cc(F)c2c(C)c(-c3cc4cccc(OCc5ccccc5)c4n3CC3CC3)nn2c1. The van der Waals surface area contributed by atoms with Gasteiger partial charge in [-0.15, -0.1) is 0 Å². The fourth-order valence-corrected chi connectivity index (χ4v) is 4.83. The first kappa shape index (κ1) is 22.3. The van der Waals surface area contributed by atoms with Crippen molar-refractivity contribution in [3.05, 3.63) is 89.4 Å². The van der Waals surface area contributed by atoms with Crippen molar-refractivity contribution in [1.82, 2.24) is 14.2 Å². The number of fused-ring (bicyclic) bond motifs is 2. The van der Waals surface area contributed by atoms with Gasteiger partial charge in [0.2, 0.25) is 0 Å². The largest absolute Gasteiger partial charge is 0.487 e. The van der Waals surface area contributed by atoms with Gasteiger partial charge in [0, 0.05) is 23.7 Å². The first-order valence-corrected chi connectivity index (χ1v) is 12.1. The average Bonchev–Trinajstić information content (AvgIpc) is 3.55. The lowest BCUT2D eigenvalue weighted by atomic mass is 10.1. The number of benzene rings is 2. The predicted molar refractivity (Wildman–Crippen MR) is 136 cm³/mol. The number of ether oxygens (including phenoxy) is 2. The van der Waals surface area contributed by atoms with Crippen LogP contribution in [-0.4, -0.2) is 27.3 Å². The van der Waals surface area contributed by atoms with Crippen molar-refractivity contribution >= 4 is 22.4 Å². The summed E-state index contributed by atoms with van der Waals surface area (Å²) in [7, 11) is 1.28. The molecule has 1 fully saturated rings. The number of hydrogen-bond donors (Lipinski definition) is 0. The number of aromatic nitrogens is 3. The normalized spacial score (nSPS) is 13.4. The maximum absolute atomic E-state index is 15.1. The first-order chi connectivity index (χ1) is 17.5. The molecule has 0 amide bonds. The highest BCUT2D eigenvalue weighted by atomic mass is 19.1. The first-order valence-electron chi connectivity index (χ1n) is 12.1. The van der Waals surface area contributed by atoms with Crippen LogP contribution in [-0.2, 0) is 17.9 Å². The Balaban J connectivity index is 1.49. The van der Waals surface area contributed by atoms with E-state index >= 15 is 4.39 Å². The van der Waals surface area contributed by atoms with E-state index in [-0.39, 0.29) is 5.56 Å². The molecular weight excluding hydrogens is 457 g/mol. The van der Waals surface area contributed by atoms with Crippen molar-refractivity contribution < 1.29 is 18.7 Å². The Morgan fingerprint density at radius 1 is 1.08 bits per heavy atom. The summed E-state index contributed by atoms with van der Waals surface area (Å²) in [6, 6.07) is 19.5. The molecule has 36 heavy (non-hydrogen) atoms. The Kier molecular flexibility index (Phi) is 5.48. The number of carbonyl (C=O) groups is 1. The van der Waals surface area contributed by atoms with Crippen LogP contribution >= 0.6 is 0 Å². The minimum atomic E-state index is -0.603. The van der Waals surface area contributed by atoms with E-state index in [1.807, 2.05) is 49.4 Å². The number of halogens is 1. The van der Waals surface area contributed by atoms with Crippen LogP contribution in [0.4, 0.5) is 4.39 Å². The zero-order valence-corrected chi connectivity index (χ0v) is 20.2. The zero-order chi connectivity index (χ0) is 24.8. The molecule has 6 nitrogen and oxygen atoms in total. The second kappa shape index (κ2) is 8.82. The Morgan fingerprint density at radius 2 is 1.89 bits per heavy atom. The third-order valence-corrected chi connectivity index (χ3v) is 6.84. The smallest absolute Gasteiger partial charge is 0.339 e. The maximum atomic E-state index is 15.1. The number of pyridine rings is 1. The van der Waals surface area contributed by atoms with Gasteiger partial charge in [0.05, 0.1) is 23.9 Å². The molecule has 0 atom stereocenters. The molecule has 5 aromatic rings. The Morgan fingerprint density at radius 3 is 2.64 bits per heavy atom. The van der Waals surface area contributed by atoms with E-state index in [1.54, 1.807) is 0 Å². The molecule has 182 valence electrons. The van der Waals surface area contributed by atoms with Gasteiger partial charge < -0.3 is 14.0 Å². The summed E-state index contributed by atoms with van der Waals surface area (Å²) in [5.74, 6) is 0.296. The third kappa shape index (κ3) is 3.90. The summed E-state index contributed by atoms with van der Waals surface area (Å²) < 4.78 is 29.9. The van der Waals surface area contributed by atoms with Crippen LogP contribution in [0.3, 0.4) is 0 Å². The van der Waals surface area contributed by atoms with E-state index in [0.717, 1.165) is 40.0 Å². The van der Waals surface area contributed by atoms with Crippen LogP contribution in [0, 0.1) is 18.7 Å². The van der Waals surface area contributed by atoms with E-state index in [2.05, 4.69) is 16.7 Å². The summed E-state index contributed by atoms with van der Waals surface area (Å²) in [5, 5.41) is 5.78. The summed E-state index contributed by atoms with van der Waals surface area (Å²) in [6.07, 6.45) is 3.89. The molecule has 0 aliphatic heterocycles. The molecule has 1 saturated carbocycles. The van der Waals surface area contributed by atoms with Crippen LogP contribution in [0.5, 0.6) is 5.75 Å². The standard InChI is InChI=1S/C29H26FN3O3/c1-18-26(31-33-16-22(29(34)35-2)13-23(30)27(18)33)24-14-21-9-6-10-25(28(21)32(24)15-19-11-12-19)36-17-20-7-4-3-5-8-20/h3-10,13-14,16,19H,11-12,15,17H2,1-2H3. The van der Waals surface area contributed by atoms with Crippen molar-refractivity contribution in [2.75, 3.05) is 7.11 Å². The molecule has 6 rings (SSSR count). The van der Waals surface area contributed by atoms with Gasteiger partial charge in [0.15, 0.2) is 0 Å². The topological polar surface area (TPSA) is 57.8 Å². The molecule has 7 heteroatoms. The van der Waals surface area contributed by atoms with Gasteiger partial charge in [-0.2, -0.15) is 5.10 Å². The van der Waals surface area contributed by atoms with Crippen LogP contribution in [0.15, 0.2) is 66.9 Å². The van der Waals surface area contributed by atoms with Crippen molar-refractivity contribution in [1.29, 1.82) is 0 Å². The highest BCUT2D eigenvalue weighted by Gasteiger charge is 2.27. The van der Waals surface area contributed by atoms with Crippen LogP contribution < -0.4 is 4.74 Å². The minimum absolute atomic E-state index is 0.117. The van der Waals surface area contributed by atoms with Gasteiger partial charge in [-0.25, -0.2) is 13.7 Å². The van der Waals surface area contributed by atoms with Crippen LogP contribution in [0.2, 0.25) is 0 Å². The monoisotopic (exact) mass is 483 g/mol. The summed E-state index contributed by atoms with van der Waals surface area (Å²) in [6.45, 7) is 3.18. The molecule has 0 N–H and O–H groups in total. The summed E-state index contributed by atoms with van der Waals surface area (Å²) >= 11 is 0. The highest BCUT2D eigenvalue weighted by molar-refractivity contribution is 5.93. The van der Waals surface area contributed by atoms with Crippen molar-refractivity contribution in [2.45, 2.75) is 32.9 Å². The molecule has 1 aliphatic carbocycles. The number of aryl methyl sites for hydroxylation is 1. The second-order valence-electron chi connectivity index (χ2n) is 9.39. The molecule has 1 aliphatic rings. The number of nitrogens with zero attached hydrogens (tertiary/aromatic N) is 3. The molecule has 0 spiro atoms. The molecule has 3 heterocycles. The molecule has 0 saturated heterocycles. The van der Waals surface area contributed by atoms with Crippen LogP contribution in [0.25, 0.3) is 27.8 Å². The summed E-state index contributed by atoms with van der Waals surface area (Å²) in [5.41, 5.74) is 4.89. The lowest BCUT2D eigenvalue weighted by molar-refractivity contribution is 0.0599. The maximum Gasteiger partial charge on any atom is 0.339 e. The third-order valence-electron chi connectivity index (χ3n) is 6.84. The van der Waals surface area contributed by atoms with Crippen molar-refractivity contribution in [3.63, 3.8) is 0 Å². The molecule has 0 radical (unpaired) electrons. The van der Waals surface area contributed by atoms with Gasteiger partial charge in [-0.05, 0) is 49.4 Å². The summed E-state index contributed by atoms with van der Waals surface area (Å²) in [4.78, 5) is 12.0. The van der Waals surface area contributed by atoms with E-state index < -0.39 is 11.8 Å². The fourth-order valence-electron chi connectivity index (χ4n) is 4.83. The Hall–Kier alpha value is -4.13. The van der Waals surface area contributed by atoms with Crippen molar-refractivity contribution in [2.24, 2.45) is 5.92 Å².